The van der Waals surface area contributed by atoms with Crippen LogP contribution in [-0.2, 0) is 19.1 Å². The number of methoxy groups -OCH3 is 1. The van der Waals surface area contributed by atoms with Crippen LogP contribution in [0, 0.1) is 11.8 Å². The largest absolute Gasteiger partial charge is 0.492 e. The Morgan fingerprint density at radius 1 is 1.25 bits per heavy atom. The molecule has 0 radical (unpaired) electrons. The molecule has 0 saturated heterocycles. The van der Waals surface area contributed by atoms with Gasteiger partial charge < -0.3 is 19.5 Å². The summed E-state index contributed by atoms with van der Waals surface area (Å²) < 4.78 is 16.8. The van der Waals surface area contributed by atoms with Gasteiger partial charge in [-0.2, -0.15) is 0 Å². The van der Waals surface area contributed by atoms with Gasteiger partial charge >= 0.3 is 11.9 Å². The van der Waals surface area contributed by atoms with E-state index in [1.165, 1.54) is 12.7 Å². The van der Waals surface area contributed by atoms with Gasteiger partial charge in [-0.3, -0.25) is 4.79 Å². The minimum absolute atomic E-state index is 0.158. The highest BCUT2D eigenvalue weighted by Gasteiger charge is 2.46. The van der Waals surface area contributed by atoms with Crippen molar-refractivity contribution in [3.8, 4) is 5.75 Å². The second-order valence-electron chi connectivity index (χ2n) is 9.94. The fourth-order valence-electron chi connectivity index (χ4n) is 4.73. The Labute approximate surface area is 191 Å². The number of rotatable bonds is 6. The molecule has 1 aromatic carbocycles. The number of ether oxygens (including phenoxy) is 3. The molecule has 6 nitrogen and oxygen atoms in total. The zero-order chi connectivity index (χ0) is 23.5. The van der Waals surface area contributed by atoms with Gasteiger partial charge in [-0.15, -0.1) is 0 Å². The van der Waals surface area contributed by atoms with E-state index in [-0.39, 0.29) is 18.5 Å². The van der Waals surface area contributed by atoms with Crippen molar-refractivity contribution in [2.45, 2.75) is 77.9 Å². The van der Waals surface area contributed by atoms with Crippen molar-refractivity contribution >= 4 is 11.9 Å². The van der Waals surface area contributed by atoms with Gasteiger partial charge in [0.2, 0.25) is 0 Å². The van der Waals surface area contributed by atoms with Gasteiger partial charge in [0.1, 0.15) is 29.9 Å². The zero-order valence-corrected chi connectivity index (χ0v) is 20.2. The molecule has 0 amide bonds. The summed E-state index contributed by atoms with van der Waals surface area (Å²) in [7, 11) is 1.37. The number of hydrogen-bond donors (Lipinski definition) is 1. The fraction of sp³-hybridized carbons (Fsp3) is 0.615. The first kappa shape index (κ1) is 24.1. The molecular formula is C26H37NO5. The molecule has 4 atom stereocenters. The Bertz CT molecular complexity index is 869. The molecule has 0 spiro atoms. The molecule has 176 valence electrons. The molecule has 6 heteroatoms. The average Bonchev–Trinajstić information content (AvgIpc) is 2.75. The number of carbonyl (C=O) groups is 2. The second-order valence-corrected chi connectivity index (χ2v) is 9.94. The molecule has 0 bridgehead atoms. The molecule has 1 N–H and O–H groups in total. The predicted octanol–water partition coefficient (Wildman–Crippen LogP) is 4.74. The molecule has 1 aliphatic heterocycles. The van der Waals surface area contributed by atoms with Gasteiger partial charge in [0.05, 0.1) is 7.11 Å². The van der Waals surface area contributed by atoms with E-state index in [0.717, 1.165) is 36.9 Å². The van der Waals surface area contributed by atoms with Gasteiger partial charge in [0.15, 0.2) is 0 Å². The maximum atomic E-state index is 13.6. The van der Waals surface area contributed by atoms with Crippen LogP contribution in [-0.4, -0.2) is 37.3 Å². The van der Waals surface area contributed by atoms with Crippen LogP contribution in [0.15, 0.2) is 35.5 Å². The monoisotopic (exact) mass is 443 g/mol. The fourth-order valence-corrected chi connectivity index (χ4v) is 4.73. The highest BCUT2D eigenvalue weighted by Crippen LogP contribution is 2.41. The molecule has 1 heterocycles. The van der Waals surface area contributed by atoms with E-state index in [2.05, 4.69) is 19.2 Å². The minimum Gasteiger partial charge on any atom is -0.492 e. The van der Waals surface area contributed by atoms with Crippen molar-refractivity contribution in [1.82, 2.24) is 5.32 Å². The summed E-state index contributed by atoms with van der Waals surface area (Å²) in [5, 5.41) is 3.57. The van der Waals surface area contributed by atoms with Crippen LogP contribution in [0.4, 0.5) is 0 Å². The van der Waals surface area contributed by atoms with Gasteiger partial charge in [-0.05, 0) is 58.4 Å². The molecular weight excluding hydrogens is 406 g/mol. The molecule has 1 aromatic rings. The van der Waals surface area contributed by atoms with Gasteiger partial charge in [0, 0.05) is 17.2 Å². The third-order valence-electron chi connectivity index (χ3n) is 6.33. The van der Waals surface area contributed by atoms with Crippen molar-refractivity contribution in [3.05, 3.63) is 41.1 Å². The van der Waals surface area contributed by atoms with Crippen molar-refractivity contribution in [3.63, 3.8) is 0 Å². The zero-order valence-electron chi connectivity index (χ0n) is 20.2. The highest BCUT2D eigenvalue weighted by atomic mass is 16.6. The molecule has 1 aliphatic carbocycles. The van der Waals surface area contributed by atoms with E-state index in [1.54, 1.807) is 0 Å². The summed E-state index contributed by atoms with van der Waals surface area (Å²) in [6.07, 6.45) is 3.99. The smallest absolute Gasteiger partial charge is 0.329 e. The number of carbonyl (C=O) groups excluding carboxylic acids is 2. The van der Waals surface area contributed by atoms with Crippen LogP contribution in [0.2, 0.25) is 0 Å². The van der Waals surface area contributed by atoms with Crippen molar-refractivity contribution in [2.75, 3.05) is 13.7 Å². The Kier molecular flexibility index (Phi) is 7.52. The number of allylic oxidation sites excluding steroid dienone is 2. The van der Waals surface area contributed by atoms with Gasteiger partial charge in [-0.1, -0.05) is 37.6 Å². The lowest BCUT2D eigenvalue weighted by molar-refractivity contribution is -0.160. The topological polar surface area (TPSA) is 73.9 Å². The van der Waals surface area contributed by atoms with E-state index in [4.69, 9.17) is 14.2 Å². The maximum Gasteiger partial charge on any atom is 0.329 e. The summed E-state index contributed by atoms with van der Waals surface area (Å²) >= 11 is 0. The number of hydrogen-bond acceptors (Lipinski definition) is 6. The van der Waals surface area contributed by atoms with Crippen LogP contribution in [0.1, 0.15) is 71.8 Å². The van der Waals surface area contributed by atoms with Crippen LogP contribution in [0.5, 0.6) is 5.75 Å². The molecule has 32 heavy (non-hydrogen) atoms. The molecule has 2 aliphatic rings. The lowest BCUT2D eigenvalue weighted by Gasteiger charge is -2.39. The number of fused-ring (bicyclic) bond motifs is 1. The number of para-hydroxylation sites is 1. The first-order valence-electron chi connectivity index (χ1n) is 11.6. The van der Waals surface area contributed by atoms with Crippen LogP contribution in [0.25, 0.3) is 0 Å². The maximum absolute atomic E-state index is 13.6. The Morgan fingerprint density at radius 2 is 1.97 bits per heavy atom. The quantitative estimate of drug-likeness (QED) is 0.641. The van der Waals surface area contributed by atoms with Gasteiger partial charge in [0.25, 0.3) is 0 Å². The Balaban J connectivity index is 2.08. The van der Waals surface area contributed by atoms with E-state index in [0.29, 0.717) is 11.7 Å². The third kappa shape index (κ3) is 5.45. The van der Waals surface area contributed by atoms with Crippen LogP contribution < -0.4 is 10.1 Å². The van der Waals surface area contributed by atoms with Gasteiger partial charge in [-0.25, -0.2) is 4.79 Å². The SMILES string of the molecule is CCC1=C(N[C@H](C(=O)OC(C)(C)C)[C@H]2c3ccccc3OC[C@H]2C(=O)OC)CC(C)CC1. The summed E-state index contributed by atoms with van der Waals surface area (Å²) in [6, 6.07) is 6.87. The molecule has 0 fully saturated rings. The van der Waals surface area contributed by atoms with Crippen molar-refractivity contribution < 1.29 is 23.8 Å². The summed E-state index contributed by atoms with van der Waals surface area (Å²) in [6.45, 7) is 10.1. The standard InChI is InChI=1S/C26H37NO5/c1-7-17-13-12-16(2)14-20(17)27-23(25(29)32-26(3,4)5)22-18-10-8-9-11-21(18)31-15-19(22)24(28)30-6/h8-11,16,19,22-23,27H,7,12-15H2,1-6H3/t16?,19-,22+,23+/m1/s1. The normalized spacial score (nSPS) is 24.1. The lowest BCUT2D eigenvalue weighted by atomic mass is 9.77. The summed E-state index contributed by atoms with van der Waals surface area (Å²) in [4.78, 5) is 26.3. The molecule has 3 rings (SSSR count). The van der Waals surface area contributed by atoms with Crippen LogP contribution in [0.3, 0.4) is 0 Å². The van der Waals surface area contributed by atoms with E-state index >= 15 is 0 Å². The Morgan fingerprint density at radius 3 is 2.62 bits per heavy atom. The second kappa shape index (κ2) is 9.97. The average molecular weight is 444 g/mol. The van der Waals surface area contributed by atoms with Crippen molar-refractivity contribution in [2.24, 2.45) is 11.8 Å². The van der Waals surface area contributed by atoms with Crippen molar-refractivity contribution in [1.29, 1.82) is 0 Å². The summed E-state index contributed by atoms with van der Waals surface area (Å²) in [5.74, 6) is -0.618. The number of esters is 2. The Hall–Kier alpha value is -2.50. The lowest BCUT2D eigenvalue weighted by Crippen LogP contribution is -2.51. The molecule has 0 saturated carbocycles. The molecule has 0 aromatic heterocycles. The third-order valence-corrected chi connectivity index (χ3v) is 6.33. The molecule has 1 unspecified atom stereocenters. The minimum atomic E-state index is -0.731. The highest BCUT2D eigenvalue weighted by molar-refractivity contribution is 5.82. The van der Waals surface area contributed by atoms with E-state index in [1.807, 2.05) is 45.0 Å². The summed E-state index contributed by atoms with van der Waals surface area (Å²) in [5.41, 5.74) is 2.62. The predicted molar refractivity (Wildman–Crippen MR) is 123 cm³/mol. The van der Waals surface area contributed by atoms with Crippen LogP contribution >= 0.6 is 0 Å². The first-order chi connectivity index (χ1) is 15.1. The number of benzene rings is 1. The van der Waals surface area contributed by atoms with E-state index < -0.39 is 23.5 Å². The number of nitrogens with one attached hydrogen (secondary N) is 1. The first-order valence-corrected chi connectivity index (χ1v) is 11.6. The van der Waals surface area contributed by atoms with E-state index in [9.17, 15) is 9.59 Å².